The minimum absolute atomic E-state index is 0.185. The third-order valence-electron chi connectivity index (χ3n) is 3.97. The van der Waals surface area contributed by atoms with Gasteiger partial charge < -0.3 is 4.74 Å². The lowest BCUT2D eigenvalue weighted by atomic mass is 10.1. The zero-order valence-corrected chi connectivity index (χ0v) is 16.1. The second-order valence-electron chi connectivity index (χ2n) is 5.81. The first kappa shape index (κ1) is 17.6. The molecular formula is C19H17N3O3S2. The Kier molecular flexibility index (Phi) is 4.59. The Morgan fingerprint density at radius 2 is 1.85 bits per heavy atom. The molecule has 4 aromatic rings. The van der Waals surface area contributed by atoms with E-state index in [1.54, 1.807) is 35.6 Å². The smallest absolute Gasteiger partial charge is 0.261 e. The third-order valence-corrected chi connectivity index (χ3v) is 6.14. The second kappa shape index (κ2) is 7.05. The summed E-state index contributed by atoms with van der Waals surface area (Å²) in [6.45, 7) is 2.41. The van der Waals surface area contributed by atoms with Crippen molar-refractivity contribution in [2.75, 3.05) is 11.3 Å². The number of anilines is 1. The number of nitrogens with zero attached hydrogens (tertiary/aromatic N) is 2. The van der Waals surface area contributed by atoms with Gasteiger partial charge in [-0.1, -0.05) is 12.1 Å². The molecule has 0 fully saturated rings. The van der Waals surface area contributed by atoms with Gasteiger partial charge in [0.2, 0.25) is 0 Å². The van der Waals surface area contributed by atoms with Crippen LogP contribution < -0.4 is 9.46 Å². The maximum Gasteiger partial charge on any atom is 0.261 e. The molecule has 27 heavy (non-hydrogen) atoms. The van der Waals surface area contributed by atoms with E-state index in [0.717, 1.165) is 16.2 Å². The van der Waals surface area contributed by atoms with Crippen molar-refractivity contribution < 1.29 is 13.2 Å². The van der Waals surface area contributed by atoms with Crippen LogP contribution in [0, 0.1) is 0 Å². The van der Waals surface area contributed by atoms with Crippen molar-refractivity contribution in [3.63, 3.8) is 0 Å². The Hall–Kier alpha value is -2.84. The normalized spacial score (nSPS) is 11.6. The van der Waals surface area contributed by atoms with E-state index in [1.165, 1.54) is 12.1 Å². The molecule has 0 unspecified atom stereocenters. The van der Waals surface area contributed by atoms with Crippen molar-refractivity contribution in [2.45, 2.75) is 11.8 Å². The van der Waals surface area contributed by atoms with Gasteiger partial charge in [-0.25, -0.2) is 13.4 Å². The van der Waals surface area contributed by atoms with Crippen LogP contribution in [0.5, 0.6) is 5.75 Å². The van der Waals surface area contributed by atoms with E-state index in [1.807, 2.05) is 41.2 Å². The summed E-state index contributed by atoms with van der Waals surface area (Å²) in [4.78, 5) is 5.66. The highest BCUT2D eigenvalue weighted by Gasteiger charge is 2.14. The van der Waals surface area contributed by atoms with Gasteiger partial charge in [-0.3, -0.25) is 9.12 Å². The molecule has 0 spiro atoms. The van der Waals surface area contributed by atoms with Crippen LogP contribution in [0.2, 0.25) is 0 Å². The van der Waals surface area contributed by atoms with E-state index in [2.05, 4.69) is 9.71 Å². The maximum atomic E-state index is 12.5. The molecule has 0 amide bonds. The van der Waals surface area contributed by atoms with Gasteiger partial charge in [-0.2, -0.15) is 0 Å². The Morgan fingerprint density at radius 3 is 2.52 bits per heavy atom. The lowest BCUT2D eigenvalue weighted by Crippen LogP contribution is -2.12. The van der Waals surface area contributed by atoms with Crippen molar-refractivity contribution in [1.82, 2.24) is 9.38 Å². The number of hydrogen-bond acceptors (Lipinski definition) is 5. The van der Waals surface area contributed by atoms with Gasteiger partial charge in [-0.15, -0.1) is 11.3 Å². The Balaban J connectivity index is 1.52. The van der Waals surface area contributed by atoms with E-state index in [9.17, 15) is 8.42 Å². The lowest BCUT2D eigenvalue weighted by molar-refractivity contribution is 0.340. The Labute approximate surface area is 161 Å². The first-order valence-corrected chi connectivity index (χ1v) is 10.7. The minimum atomic E-state index is -3.66. The maximum absolute atomic E-state index is 12.5. The molecule has 0 bridgehead atoms. The van der Waals surface area contributed by atoms with Crippen molar-refractivity contribution >= 4 is 32.0 Å². The predicted molar refractivity (Wildman–Crippen MR) is 107 cm³/mol. The fourth-order valence-corrected chi connectivity index (χ4v) is 4.43. The average Bonchev–Trinajstić information content (AvgIpc) is 3.25. The standard InChI is InChI=1S/C19H17N3O3S2/c1-2-25-16-7-9-17(10-8-16)27(23,24)21-15-5-3-14(4-6-15)18-13-22-11-12-26-19(22)20-18/h3-13,21H,2H2,1H3. The molecule has 0 saturated heterocycles. The van der Waals surface area contributed by atoms with Crippen LogP contribution in [0.1, 0.15) is 6.92 Å². The molecule has 0 aliphatic rings. The largest absolute Gasteiger partial charge is 0.494 e. The number of ether oxygens (including phenoxy) is 1. The zero-order chi connectivity index (χ0) is 18.9. The summed E-state index contributed by atoms with van der Waals surface area (Å²) in [6, 6.07) is 13.5. The zero-order valence-electron chi connectivity index (χ0n) is 14.5. The monoisotopic (exact) mass is 399 g/mol. The highest BCUT2D eigenvalue weighted by atomic mass is 32.2. The molecule has 138 valence electrons. The number of benzene rings is 2. The van der Waals surface area contributed by atoms with E-state index in [0.29, 0.717) is 18.0 Å². The molecule has 0 aliphatic heterocycles. The van der Waals surface area contributed by atoms with Crippen LogP contribution in [0.25, 0.3) is 16.2 Å². The fraction of sp³-hybridized carbons (Fsp3) is 0.105. The molecule has 0 aliphatic carbocycles. The van der Waals surface area contributed by atoms with Crippen LogP contribution in [0.4, 0.5) is 5.69 Å². The van der Waals surface area contributed by atoms with Gasteiger partial charge in [0, 0.05) is 29.0 Å². The third kappa shape index (κ3) is 3.67. The topological polar surface area (TPSA) is 72.7 Å². The summed E-state index contributed by atoms with van der Waals surface area (Å²) in [5, 5.41) is 1.98. The van der Waals surface area contributed by atoms with E-state index in [4.69, 9.17) is 4.74 Å². The molecule has 4 rings (SSSR count). The van der Waals surface area contributed by atoms with Crippen LogP contribution >= 0.6 is 11.3 Å². The number of imidazole rings is 1. The molecular weight excluding hydrogens is 382 g/mol. The minimum Gasteiger partial charge on any atom is -0.494 e. The van der Waals surface area contributed by atoms with Crippen molar-refractivity contribution in [3.8, 4) is 17.0 Å². The Morgan fingerprint density at radius 1 is 1.11 bits per heavy atom. The van der Waals surface area contributed by atoms with Crippen molar-refractivity contribution in [1.29, 1.82) is 0 Å². The lowest BCUT2D eigenvalue weighted by Gasteiger charge is -2.09. The van der Waals surface area contributed by atoms with Gasteiger partial charge in [0.05, 0.1) is 17.2 Å². The van der Waals surface area contributed by atoms with Gasteiger partial charge >= 0.3 is 0 Å². The second-order valence-corrected chi connectivity index (χ2v) is 8.36. The molecule has 1 N–H and O–H groups in total. The number of aromatic nitrogens is 2. The summed E-state index contributed by atoms with van der Waals surface area (Å²) in [5.41, 5.74) is 2.27. The summed E-state index contributed by atoms with van der Waals surface area (Å²) in [7, 11) is -3.66. The summed E-state index contributed by atoms with van der Waals surface area (Å²) >= 11 is 1.57. The van der Waals surface area contributed by atoms with Crippen molar-refractivity contribution in [3.05, 3.63) is 66.3 Å². The molecule has 2 aromatic carbocycles. The predicted octanol–water partition coefficient (Wildman–Crippen LogP) is 4.26. The summed E-state index contributed by atoms with van der Waals surface area (Å²) < 4.78 is 35.0. The SMILES string of the molecule is CCOc1ccc(S(=O)(=O)Nc2ccc(-c3cn4ccsc4n3)cc2)cc1. The first-order chi connectivity index (χ1) is 13.0. The van der Waals surface area contributed by atoms with Crippen LogP contribution in [0.15, 0.2) is 71.2 Å². The molecule has 6 nitrogen and oxygen atoms in total. The first-order valence-electron chi connectivity index (χ1n) is 8.33. The van der Waals surface area contributed by atoms with E-state index < -0.39 is 10.0 Å². The van der Waals surface area contributed by atoms with Crippen LogP contribution in [-0.2, 0) is 10.0 Å². The number of thiazole rings is 1. The van der Waals surface area contributed by atoms with E-state index in [-0.39, 0.29) is 4.90 Å². The molecule has 8 heteroatoms. The van der Waals surface area contributed by atoms with Gasteiger partial charge in [0.15, 0.2) is 4.96 Å². The van der Waals surface area contributed by atoms with Crippen LogP contribution in [0.3, 0.4) is 0 Å². The number of rotatable bonds is 6. The fourth-order valence-electron chi connectivity index (χ4n) is 2.67. The van der Waals surface area contributed by atoms with Gasteiger partial charge in [-0.05, 0) is 43.3 Å². The molecule has 2 heterocycles. The van der Waals surface area contributed by atoms with Gasteiger partial charge in [0.25, 0.3) is 10.0 Å². The number of nitrogens with one attached hydrogen (secondary N) is 1. The number of fused-ring (bicyclic) bond motifs is 1. The van der Waals surface area contributed by atoms with Crippen molar-refractivity contribution in [2.24, 2.45) is 0 Å². The molecule has 2 aromatic heterocycles. The highest BCUT2D eigenvalue weighted by Crippen LogP contribution is 2.24. The summed E-state index contributed by atoms with van der Waals surface area (Å²) in [6.07, 6.45) is 3.90. The molecule has 0 saturated carbocycles. The van der Waals surface area contributed by atoms with Gasteiger partial charge in [0.1, 0.15) is 5.75 Å². The highest BCUT2D eigenvalue weighted by molar-refractivity contribution is 7.92. The Bertz CT molecular complexity index is 1130. The van der Waals surface area contributed by atoms with E-state index >= 15 is 0 Å². The quantitative estimate of drug-likeness (QED) is 0.526. The summed E-state index contributed by atoms with van der Waals surface area (Å²) in [5.74, 6) is 0.640. The molecule has 0 atom stereocenters. The van der Waals surface area contributed by atoms with Crippen LogP contribution in [-0.4, -0.2) is 24.4 Å². The number of hydrogen-bond donors (Lipinski definition) is 1. The number of sulfonamides is 1. The molecule has 0 radical (unpaired) electrons. The average molecular weight is 399 g/mol.